The Labute approximate surface area is 110 Å². The van der Waals surface area contributed by atoms with Crippen molar-refractivity contribution in [2.45, 2.75) is 25.3 Å². The van der Waals surface area contributed by atoms with Crippen LogP contribution in [0, 0.1) is 11.3 Å². The van der Waals surface area contributed by atoms with Crippen LogP contribution in [0.15, 0.2) is 22.7 Å². The summed E-state index contributed by atoms with van der Waals surface area (Å²) in [6.07, 6.45) is 3.66. The largest absolute Gasteiger partial charge is 0.384 e. The lowest BCUT2D eigenvalue weighted by atomic mass is 10.1. The van der Waals surface area contributed by atoms with Gasteiger partial charge in [-0.2, -0.15) is 5.26 Å². The number of hydrogen-bond acceptors (Lipinski definition) is 3. The predicted molar refractivity (Wildman–Crippen MR) is 73.0 cm³/mol. The molecule has 90 valence electrons. The second-order valence-corrected chi connectivity index (χ2v) is 5.23. The van der Waals surface area contributed by atoms with Gasteiger partial charge in [-0.25, -0.2) is 0 Å². The molecular formula is C13H16BrN3. The first-order valence-electron chi connectivity index (χ1n) is 5.96. The summed E-state index contributed by atoms with van der Waals surface area (Å²) >= 11 is 3.42. The Morgan fingerprint density at radius 3 is 3.12 bits per heavy atom. The molecule has 1 heterocycles. The molecule has 0 saturated carbocycles. The summed E-state index contributed by atoms with van der Waals surface area (Å²) < 4.78 is 0.998. The number of nitrogens with zero attached hydrogens (tertiary/aromatic N) is 1. The van der Waals surface area contributed by atoms with E-state index in [-0.39, 0.29) is 0 Å². The van der Waals surface area contributed by atoms with Crippen molar-refractivity contribution in [2.24, 2.45) is 0 Å². The molecule has 2 N–H and O–H groups in total. The van der Waals surface area contributed by atoms with E-state index in [1.54, 1.807) is 0 Å². The average Bonchev–Trinajstić information content (AvgIpc) is 2.82. The number of anilines is 1. The van der Waals surface area contributed by atoms with Crippen molar-refractivity contribution in [3.05, 3.63) is 28.2 Å². The summed E-state index contributed by atoms with van der Waals surface area (Å²) in [5.74, 6) is 0. The Kier molecular flexibility index (Phi) is 4.41. The first-order valence-corrected chi connectivity index (χ1v) is 6.76. The topological polar surface area (TPSA) is 47.9 Å². The Hall–Kier alpha value is -1.05. The van der Waals surface area contributed by atoms with Gasteiger partial charge in [0.15, 0.2) is 0 Å². The van der Waals surface area contributed by atoms with Gasteiger partial charge in [0.25, 0.3) is 0 Å². The van der Waals surface area contributed by atoms with Crippen molar-refractivity contribution in [3.8, 4) is 6.07 Å². The normalized spacial score (nSPS) is 18.9. The van der Waals surface area contributed by atoms with E-state index in [9.17, 15) is 0 Å². The van der Waals surface area contributed by atoms with E-state index in [1.807, 2.05) is 18.2 Å². The van der Waals surface area contributed by atoms with Crippen LogP contribution in [-0.2, 0) is 0 Å². The molecule has 1 aliphatic rings. The molecule has 3 nitrogen and oxygen atoms in total. The second-order valence-electron chi connectivity index (χ2n) is 4.31. The lowest BCUT2D eigenvalue weighted by Crippen LogP contribution is -2.24. The SMILES string of the molecule is N#Cc1ccc(Br)cc1NCC[C@H]1CCCN1. The highest BCUT2D eigenvalue weighted by Crippen LogP contribution is 2.21. The van der Waals surface area contributed by atoms with E-state index in [1.165, 1.54) is 12.8 Å². The fourth-order valence-electron chi connectivity index (χ4n) is 2.14. The average molecular weight is 294 g/mol. The zero-order valence-corrected chi connectivity index (χ0v) is 11.3. The van der Waals surface area contributed by atoms with Crippen molar-refractivity contribution in [1.82, 2.24) is 5.32 Å². The standard InChI is InChI=1S/C13H16BrN3/c14-11-4-3-10(9-15)13(8-11)17-7-5-12-2-1-6-16-12/h3-4,8,12,16-17H,1-2,5-7H2/t12-/m1/s1. The lowest BCUT2D eigenvalue weighted by Gasteiger charge is -2.12. The fourth-order valence-corrected chi connectivity index (χ4v) is 2.51. The van der Waals surface area contributed by atoms with Crippen molar-refractivity contribution >= 4 is 21.6 Å². The van der Waals surface area contributed by atoms with Gasteiger partial charge < -0.3 is 10.6 Å². The highest BCUT2D eigenvalue weighted by molar-refractivity contribution is 9.10. The van der Waals surface area contributed by atoms with Crippen molar-refractivity contribution < 1.29 is 0 Å². The van der Waals surface area contributed by atoms with Crippen molar-refractivity contribution in [1.29, 1.82) is 5.26 Å². The van der Waals surface area contributed by atoms with Crippen LogP contribution in [0.3, 0.4) is 0 Å². The quantitative estimate of drug-likeness (QED) is 0.897. The van der Waals surface area contributed by atoms with E-state index < -0.39 is 0 Å². The molecular weight excluding hydrogens is 278 g/mol. The maximum Gasteiger partial charge on any atom is 0.101 e. The van der Waals surface area contributed by atoms with Crippen LogP contribution in [0.1, 0.15) is 24.8 Å². The highest BCUT2D eigenvalue weighted by Gasteiger charge is 2.13. The zero-order valence-electron chi connectivity index (χ0n) is 9.67. The van der Waals surface area contributed by atoms with E-state index in [2.05, 4.69) is 32.6 Å². The third kappa shape index (κ3) is 3.45. The molecule has 0 amide bonds. The predicted octanol–water partition coefficient (Wildman–Crippen LogP) is 2.87. The lowest BCUT2D eigenvalue weighted by molar-refractivity contribution is 0.574. The number of nitriles is 1. The second kappa shape index (κ2) is 6.04. The molecule has 0 bridgehead atoms. The van der Waals surface area contributed by atoms with Crippen molar-refractivity contribution in [2.75, 3.05) is 18.4 Å². The van der Waals surface area contributed by atoms with Crippen LogP contribution in [0.2, 0.25) is 0 Å². The van der Waals surface area contributed by atoms with E-state index in [0.29, 0.717) is 11.6 Å². The summed E-state index contributed by atoms with van der Waals surface area (Å²) in [7, 11) is 0. The summed E-state index contributed by atoms with van der Waals surface area (Å²) in [5, 5.41) is 15.8. The fraction of sp³-hybridized carbons (Fsp3) is 0.462. The number of nitrogens with one attached hydrogen (secondary N) is 2. The number of hydrogen-bond donors (Lipinski definition) is 2. The van der Waals surface area contributed by atoms with Gasteiger partial charge in [0.1, 0.15) is 6.07 Å². The van der Waals surface area contributed by atoms with Crippen molar-refractivity contribution in [3.63, 3.8) is 0 Å². The van der Waals surface area contributed by atoms with E-state index in [4.69, 9.17) is 5.26 Å². The molecule has 1 fully saturated rings. The van der Waals surface area contributed by atoms with Gasteiger partial charge in [0.2, 0.25) is 0 Å². The molecule has 1 aliphatic heterocycles. The van der Waals surface area contributed by atoms with Gasteiger partial charge in [-0.3, -0.25) is 0 Å². The molecule has 4 heteroatoms. The first-order chi connectivity index (χ1) is 8.29. The van der Waals surface area contributed by atoms with Crippen LogP contribution in [0.5, 0.6) is 0 Å². The maximum atomic E-state index is 9.00. The molecule has 0 aromatic heterocycles. The van der Waals surface area contributed by atoms with Crippen LogP contribution >= 0.6 is 15.9 Å². The Morgan fingerprint density at radius 2 is 2.41 bits per heavy atom. The van der Waals surface area contributed by atoms with Gasteiger partial charge in [-0.05, 0) is 44.0 Å². The molecule has 1 atom stereocenters. The van der Waals surface area contributed by atoms with E-state index >= 15 is 0 Å². The summed E-state index contributed by atoms with van der Waals surface area (Å²) in [4.78, 5) is 0. The van der Waals surface area contributed by atoms with Gasteiger partial charge in [0.05, 0.1) is 11.3 Å². The van der Waals surface area contributed by atoms with Gasteiger partial charge in [-0.15, -0.1) is 0 Å². The van der Waals surface area contributed by atoms with Gasteiger partial charge in [0, 0.05) is 17.1 Å². The molecule has 17 heavy (non-hydrogen) atoms. The Morgan fingerprint density at radius 1 is 1.53 bits per heavy atom. The minimum absolute atomic E-state index is 0.639. The number of benzene rings is 1. The Balaban J connectivity index is 1.89. The van der Waals surface area contributed by atoms with Crippen LogP contribution in [0.25, 0.3) is 0 Å². The molecule has 0 unspecified atom stereocenters. The minimum Gasteiger partial charge on any atom is -0.384 e. The smallest absolute Gasteiger partial charge is 0.101 e. The number of rotatable bonds is 4. The van der Waals surface area contributed by atoms with Crippen LogP contribution < -0.4 is 10.6 Å². The monoisotopic (exact) mass is 293 g/mol. The molecule has 0 spiro atoms. The third-order valence-corrected chi connectivity index (χ3v) is 3.57. The third-order valence-electron chi connectivity index (χ3n) is 3.07. The van der Waals surface area contributed by atoms with Crippen LogP contribution in [0.4, 0.5) is 5.69 Å². The van der Waals surface area contributed by atoms with Crippen LogP contribution in [-0.4, -0.2) is 19.1 Å². The van der Waals surface area contributed by atoms with Gasteiger partial charge in [-0.1, -0.05) is 15.9 Å². The molecule has 1 aromatic carbocycles. The summed E-state index contributed by atoms with van der Waals surface area (Å²) in [5.41, 5.74) is 1.62. The summed E-state index contributed by atoms with van der Waals surface area (Å²) in [6, 6.07) is 8.52. The Bertz CT molecular complexity index is 419. The summed E-state index contributed by atoms with van der Waals surface area (Å²) in [6.45, 7) is 2.05. The molecule has 0 aliphatic carbocycles. The first kappa shape index (κ1) is 12.4. The maximum absolute atomic E-state index is 9.00. The highest BCUT2D eigenvalue weighted by atomic mass is 79.9. The van der Waals surface area contributed by atoms with E-state index in [0.717, 1.165) is 29.7 Å². The minimum atomic E-state index is 0.639. The molecule has 1 aromatic rings. The number of halogens is 1. The van der Waals surface area contributed by atoms with Gasteiger partial charge >= 0.3 is 0 Å². The molecule has 1 saturated heterocycles. The molecule has 2 rings (SSSR count). The zero-order chi connectivity index (χ0) is 12.1. The molecule has 0 radical (unpaired) electrons.